The van der Waals surface area contributed by atoms with Gasteiger partial charge in [-0.1, -0.05) is 6.07 Å². The second-order valence-corrected chi connectivity index (χ2v) is 9.71. The number of benzene rings is 1. The van der Waals surface area contributed by atoms with Crippen molar-refractivity contribution in [3.05, 3.63) is 36.0 Å². The number of hydrogen-bond acceptors (Lipinski definition) is 6. The Hall–Kier alpha value is -2.41. The van der Waals surface area contributed by atoms with E-state index in [0.29, 0.717) is 0 Å². The number of anilines is 1. The van der Waals surface area contributed by atoms with E-state index in [9.17, 15) is 18.5 Å². The van der Waals surface area contributed by atoms with Crippen LogP contribution in [0, 0.1) is 11.3 Å². The standard InChI is InChI=1S/C19H26N4O4S/c1-18(2)9-15(10-19(3,4)23-18)21-12-13(11-20)17(24)22-14-6-5-7-16(8-14)28(25,26)27/h5-8,12,15,21,23H,9-10H2,1-4H3,(H,22,24)(H,25,26,27)/b13-12-. The Morgan fingerprint density at radius 2 is 1.89 bits per heavy atom. The molecule has 2 rings (SSSR count). The lowest BCUT2D eigenvalue weighted by molar-refractivity contribution is -0.112. The van der Waals surface area contributed by atoms with E-state index in [0.717, 1.165) is 18.9 Å². The number of nitriles is 1. The molecule has 0 spiro atoms. The van der Waals surface area contributed by atoms with Crippen molar-refractivity contribution in [1.82, 2.24) is 10.6 Å². The van der Waals surface area contributed by atoms with Gasteiger partial charge >= 0.3 is 0 Å². The SMILES string of the molecule is CC1(C)CC(N/C=C(/C#N)C(=O)Nc2cccc(S(=O)(=O)O)c2)CC(C)(C)N1. The summed E-state index contributed by atoms with van der Waals surface area (Å²) in [7, 11) is -4.38. The minimum atomic E-state index is -4.38. The van der Waals surface area contributed by atoms with Crippen molar-refractivity contribution in [1.29, 1.82) is 5.26 Å². The Balaban J connectivity index is 2.11. The Morgan fingerprint density at radius 3 is 2.43 bits per heavy atom. The molecule has 0 unspecified atom stereocenters. The number of rotatable bonds is 5. The fraction of sp³-hybridized carbons (Fsp3) is 0.474. The zero-order chi connectivity index (χ0) is 21.2. The first kappa shape index (κ1) is 21.9. The van der Waals surface area contributed by atoms with Gasteiger partial charge in [0.1, 0.15) is 11.6 Å². The lowest BCUT2D eigenvalue weighted by atomic mass is 9.80. The van der Waals surface area contributed by atoms with Crippen LogP contribution in [0.15, 0.2) is 40.9 Å². The van der Waals surface area contributed by atoms with E-state index in [1.165, 1.54) is 24.4 Å². The van der Waals surface area contributed by atoms with Crippen LogP contribution in [0.2, 0.25) is 0 Å². The molecule has 0 radical (unpaired) electrons. The third kappa shape index (κ3) is 6.05. The van der Waals surface area contributed by atoms with Gasteiger partial charge in [-0.2, -0.15) is 13.7 Å². The predicted octanol–water partition coefficient (Wildman–Crippen LogP) is 2.18. The zero-order valence-corrected chi connectivity index (χ0v) is 17.2. The highest BCUT2D eigenvalue weighted by Crippen LogP contribution is 2.28. The molecular formula is C19H26N4O4S. The summed E-state index contributed by atoms with van der Waals surface area (Å²) in [6.45, 7) is 8.41. The quantitative estimate of drug-likeness (QED) is 0.335. The molecule has 1 heterocycles. The van der Waals surface area contributed by atoms with Crippen LogP contribution < -0.4 is 16.0 Å². The minimum Gasteiger partial charge on any atom is -0.387 e. The summed E-state index contributed by atoms with van der Waals surface area (Å²) in [6, 6.07) is 7.11. The van der Waals surface area contributed by atoms with Crippen molar-refractivity contribution in [2.45, 2.75) is 62.6 Å². The third-order valence-electron chi connectivity index (χ3n) is 4.41. The summed E-state index contributed by atoms with van der Waals surface area (Å²) >= 11 is 0. The maximum Gasteiger partial charge on any atom is 0.294 e. The molecule has 1 aromatic carbocycles. The summed E-state index contributed by atoms with van der Waals surface area (Å²) in [5.74, 6) is -0.671. The highest BCUT2D eigenvalue weighted by atomic mass is 32.2. The normalized spacial score (nSPS) is 19.5. The molecule has 0 bridgehead atoms. The van der Waals surface area contributed by atoms with Gasteiger partial charge in [0.2, 0.25) is 0 Å². The monoisotopic (exact) mass is 406 g/mol. The van der Waals surface area contributed by atoms with Crippen molar-refractivity contribution >= 4 is 21.7 Å². The van der Waals surface area contributed by atoms with Crippen LogP contribution in [0.3, 0.4) is 0 Å². The van der Waals surface area contributed by atoms with Crippen LogP contribution in [-0.4, -0.2) is 36.0 Å². The van der Waals surface area contributed by atoms with Gasteiger partial charge < -0.3 is 16.0 Å². The van der Waals surface area contributed by atoms with Gasteiger partial charge in [0.25, 0.3) is 16.0 Å². The first-order valence-corrected chi connectivity index (χ1v) is 10.3. The fourth-order valence-electron chi connectivity index (χ4n) is 3.72. The largest absolute Gasteiger partial charge is 0.387 e. The number of piperidine rings is 1. The summed E-state index contributed by atoms with van der Waals surface area (Å²) < 4.78 is 31.5. The summed E-state index contributed by atoms with van der Waals surface area (Å²) in [5, 5.41) is 18.5. The maximum absolute atomic E-state index is 12.4. The molecule has 28 heavy (non-hydrogen) atoms. The second kappa shape index (κ2) is 7.91. The molecule has 1 fully saturated rings. The topological polar surface area (TPSA) is 131 Å². The van der Waals surface area contributed by atoms with Crippen LogP contribution >= 0.6 is 0 Å². The van der Waals surface area contributed by atoms with Crippen LogP contribution in [0.5, 0.6) is 0 Å². The van der Waals surface area contributed by atoms with Gasteiger partial charge in [-0.3, -0.25) is 9.35 Å². The molecule has 1 aliphatic rings. The van der Waals surface area contributed by atoms with Gasteiger partial charge in [0.05, 0.1) is 4.90 Å². The smallest absolute Gasteiger partial charge is 0.294 e. The van der Waals surface area contributed by atoms with E-state index in [1.807, 2.05) is 6.07 Å². The summed E-state index contributed by atoms with van der Waals surface area (Å²) in [5.41, 5.74) is -0.145. The molecule has 152 valence electrons. The Bertz CT molecular complexity index is 913. The molecule has 4 N–H and O–H groups in total. The maximum atomic E-state index is 12.4. The molecule has 1 aliphatic heterocycles. The average molecular weight is 407 g/mol. The highest BCUT2D eigenvalue weighted by molar-refractivity contribution is 7.85. The molecule has 0 aliphatic carbocycles. The Kier molecular flexibility index (Phi) is 6.18. The minimum absolute atomic E-state index is 0.0848. The van der Waals surface area contributed by atoms with Crippen molar-refractivity contribution in [3.63, 3.8) is 0 Å². The predicted molar refractivity (Wildman–Crippen MR) is 106 cm³/mol. The van der Waals surface area contributed by atoms with Gasteiger partial charge in [-0.05, 0) is 58.7 Å². The molecule has 1 amide bonds. The van der Waals surface area contributed by atoms with Gasteiger partial charge in [-0.15, -0.1) is 0 Å². The van der Waals surface area contributed by atoms with Crippen LogP contribution in [0.25, 0.3) is 0 Å². The van der Waals surface area contributed by atoms with E-state index in [1.54, 1.807) is 0 Å². The zero-order valence-electron chi connectivity index (χ0n) is 16.4. The lowest BCUT2D eigenvalue weighted by Gasteiger charge is -2.46. The molecule has 0 aromatic heterocycles. The number of nitrogens with one attached hydrogen (secondary N) is 3. The number of amides is 1. The Labute approximate surface area is 165 Å². The molecule has 1 aromatic rings. The molecule has 9 heteroatoms. The molecule has 8 nitrogen and oxygen atoms in total. The van der Waals surface area contributed by atoms with Crippen molar-refractivity contribution in [2.75, 3.05) is 5.32 Å². The average Bonchev–Trinajstić information content (AvgIpc) is 2.52. The summed E-state index contributed by atoms with van der Waals surface area (Å²) in [4.78, 5) is 12.0. The first-order chi connectivity index (χ1) is 12.8. The lowest BCUT2D eigenvalue weighted by Crippen LogP contribution is -2.61. The van der Waals surface area contributed by atoms with Gasteiger partial charge in [0.15, 0.2) is 0 Å². The van der Waals surface area contributed by atoms with Crippen molar-refractivity contribution in [3.8, 4) is 6.07 Å². The highest BCUT2D eigenvalue weighted by Gasteiger charge is 2.37. The first-order valence-electron chi connectivity index (χ1n) is 8.86. The van der Waals surface area contributed by atoms with Gasteiger partial charge in [0, 0.05) is 29.0 Å². The van der Waals surface area contributed by atoms with E-state index in [4.69, 9.17) is 4.55 Å². The second-order valence-electron chi connectivity index (χ2n) is 8.29. The molecule has 0 atom stereocenters. The van der Waals surface area contributed by atoms with Crippen molar-refractivity contribution in [2.24, 2.45) is 0 Å². The summed E-state index contributed by atoms with van der Waals surface area (Å²) in [6.07, 6.45) is 3.04. The van der Waals surface area contributed by atoms with Gasteiger partial charge in [-0.25, -0.2) is 0 Å². The number of carbonyl (C=O) groups excluding carboxylic acids is 1. The van der Waals surface area contributed by atoms with E-state index in [2.05, 4.69) is 43.6 Å². The van der Waals surface area contributed by atoms with Crippen LogP contribution in [-0.2, 0) is 14.9 Å². The van der Waals surface area contributed by atoms with E-state index < -0.39 is 16.0 Å². The number of carbonyl (C=O) groups is 1. The molecular weight excluding hydrogens is 380 g/mol. The van der Waals surface area contributed by atoms with Crippen LogP contribution in [0.4, 0.5) is 5.69 Å². The molecule has 1 saturated heterocycles. The third-order valence-corrected chi connectivity index (χ3v) is 5.26. The van der Waals surface area contributed by atoms with E-state index >= 15 is 0 Å². The van der Waals surface area contributed by atoms with Crippen LogP contribution in [0.1, 0.15) is 40.5 Å². The Morgan fingerprint density at radius 1 is 1.29 bits per heavy atom. The van der Waals surface area contributed by atoms with Crippen molar-refractivity contribution < 1.29 is 17.8 Å². The molecule has 0 saturated carbocycles. The van der Waals surface area contributed by atoms with E-state index in [-0.39, 0.29) is 33.3 Å². The number of hydrogen-bond donors (Lipinski definition) is 4. The number of nitrogens with zero attached hydrogens (tertiary/aromatic N) is 1. The fourth-order valence-corrected chi connectivity index (χ4v) is 4.25.